The first-order chi connectivity index (χ1) is 10.0. The van der Waals surface area contributed by atoms with Crippen LogP contribution in [-0.2, 0) is 6.42 Å². The highest BCUT2D eigenvalue weighted by Crippen LogP contribution is 2.33. The van der Waals surface area contributed by atoms with E-state index in [9.17, 15) is 9.90 Å². The second-order valence-electron chi connectivity index (χ2n) is 5.03. The van der Waals surface area contributed by atoms with Crippen LogP contribution in [-0.4, -0.2) is 20.5 Å². The van der Waals surface area contributed by atoms with Gasteiger partial charge in [0.1, 0.15) is 0 Å². The number of carboxylic acids is 1. The van der Waals surface area contributed by atoms with Gasteiger partial charge in [-0.3, -0.25) is 4.40 Å². The maximum atomic E-state index is 11.5. The topological polar surface area (TPSA) is 54.6 Å². The minimum Gasteiger partial charge on any atom is -0.477 e. The predicted octanol–water partition coefficient (Wildman–Crippen LogP) is 3.94. The van der Waals surface area contributed by atoms with Gasteiger partial charge in [0.25, 0.3) is 0 Å². The summed E-state index contributed by atoms with van der Waals surface area (Å²) in [7, 11) is 0. The van der Waals surface area contributed by atoms with Crippen molar-refractivity contribution in [3.8, 4) is 11.3 Å². The standard InChI is InChI=1S/C16H16N2O2S/c1-4-11-5-7-12(8-6-11)14-10(3)21-16-17-9(2)13(15(19)20)18(14)16/h5-8H,4H2,1-3H3,(H,19,20). The van der Waals surface area contributed by atoms with Crippen LogP contribution >= 0.6 is 11.3 Å². The van der Waals surface area contributed by atoms with E-state index in [1.54, 1.807) is 11.3 Å². The van der Waals surface area contributed by atoms with Crippen molar-refractivity contribution in [1.29, 1.82) is 0 Å². The number of carboxylic acid groups (broad SMARTS) is 1. The van der Waals surface area contributed by atoms with Crippen LogP contribution in [0.4, 0.5) is 0 Å². The van der Waals surface area contributed by atoms with E-state index < -0.39 is 5.97 Å². The molecule has 0 radical (unpaired) electrons. The van der Waals surface area contributed by atoms with Gasteiger partial charge in [-0.1, -0.05) is 31.2 Å². The number of benzene rings is 1. The molecule has 3 aromatic rings. The zero-order valence-electron chi connectivity index (χ0n) is 12.2. The first kappa shape index (κ1) is 13.8. The Morgan fingerprint density at radius 3 is 2.52 bits per heavy atom. The molecular weight excluding hydrogens is 284 g/mol. The van der Waals surface area contributed by atoms with Crippen LogP contribution in [0.5, 0.6) is 0 Å². The molecule has 0 aliphatic rings. The van der Waals surface area contributed by atoms with E-state index in [2.05, 4.69) is 24.0 Å². The van der Waals surface area contributed by atoms with Crippen LogP contribution in [0.15, 0.2) is 24.3 Å². The number of nitrogens with zero attached hydrogens (tertiary/aromatic N) is 2. The number of fused-ring (bicyclic) bond motifs is 1. The Hall–Kier alpha value is -2.14. The van der Waals surface area contributed by atoms with Crippen molar-refractivity contribution >= 4 is 22.3 Å². The minimum atomic E-state index is -0.941. The highest BCUT2D eigenvalue weighted by molar-refractivity contribution is 7.17. The summed E-state index contributed by atoms with van der Waals surface area (Å²) in [6, 6.07) is 8.27. The molecule has 2 heterocycles. The molecule has 5 heteroatoms. The lowest BCUT2D eigenvalue weighted by Crippen LogP contribution is -2.04. The Labute approximate surface area is 126 Å². The number of imidazole rings is 1. The summed E-state index contributed by atoms with van der Waals surface area (Å²) in [5.41, 5.74) is 4.03. The fourth-order valence-corrected chi connectivity index (χ4v) is 3.64. The summed E-state index contributed by atoms with van der Waals surface area (Å²) >= 11 is 1.52. The third kappa shape index (κ3) is 2.14. The maximum absolute atomic E-state index is 11.5. The highest BCUT2D eigenvalue weighted by atomic mass is 32.1. The Kier molecular flexibility index (Phi) is 3.29. The Bertz CT molecular complexity index is 828. The van der Waals surface area contributed by atoms with Gasteiger partial charge in [0.05, 0.1) is 11.4 Å². The van der Waals surface area contributed by atoms with Gasteiger partial charge in [-0.05, 0) is 31.4 Å². The van der Waals surface area contributed by atoms with Crippen LogP contribution in [0.3, 0.4) is 0 Å². The maximum Gasteiger partial charge on any atom is 0.354 e. The Morgan fingerprint density at radius 1 is 1.29 bits per heavy atom. The number of hydrogen-bond acceptors (Lipinski definition) is 3. The van der Waals surface area contributed by atoms with Gasteiger partial charge >= 0.3 is 5.97 Å². The quantitative estimate of drug-likeness (QED) is 0.797. The molecule has 3 rings (SSSR count). The lowest BCUT2D eigenvalue weighted by molar-refractivity contribution is 0.0688. The number of carbonyl (C=O) groups is 1. The van der Waals surface area contributed by atoms with E-state index in [-0.39, 0.29) is 5.69 Å². The second kappa shape index (κ2) is 5.00. The molecule has 0 saturated heterocycles. The average Bonchev–Trinajstić information content (AvgIpc) is 2.91. The van der Waals surface area contributed by atoms with Crippen molar-refractivity contribution in [2.75, 3.05) is 0 Å². The molecule has 0 bridgehead atoms. The third-order valence-electron chi connectivity index (χ3n) is 3.66. The van der Waals surface area contributed by atoms with Crippen LogP contribution in [0.25, 0.3) is 16.2 Å². The van der Waals surface area contributed by atoms with Crippen LogP contribution < -0.4 is 0 Å². The molecule has 21 heavy (non-hydrogen) atoms. The van der Waals surface area contributed by atoms with E-state index in [1.165, 1.54) is 16.9 Å². The number of aryl methyl sites for hydroxylation is 3. The first-order valence-electron chi connectivity index (χ1n) is 6.84. The summed E-state index contributed by atoms with van der Waals surface area (Å²) in [6.45, 7) is 5.86. The van der Waals surface area contributed by atoms with Crippen molar-refractivity contribution in [1.82, 2.24) is 9.38 Å². The number of aromatic nitrogens is 2. The van der Waals surface area contributed by atoms with Gasteiger partial charge in [0, 0.05) is 4.88 Å². The van der Waals surface area contributed by atoms with E-state index >= 15 is 0 Å². The van der Waals surface area contributed by atoms with Gasteiger partial charge in [-0.25, -0.2) is 9.78 Å². The number of rotatable bonds is 3. The van der Waals surface area contributed by atoms with Crippen molar-refractivity contribution in [2.45, 2.75) is 27.2 Å². The molecule has 0 aliphatic carbocycles. The molecule has 0 fully saturated rings. The normalized spacial score (nSPS) is 11.2. The molecule has 0 atom stereocenters. The Morgan fingerprint density at radius 2 is 1.95 bits per heavy atom. The smallest absolute Gasteiger partial charge is 0.354 e. The summed E-state index contributed by atoms with van der Waals surface area (Å²) in [4.78, 5) is 17.7. The molecule has 0 spiro atoms. The first-order valence-corrected chi connectivity index (χ1v) is 7.65. The monoisotopic (exact) mass is 300 g/mol. The molecule has 0 amide bonds. The van der Waals surface area contributed by atoms with Crippen molar-refractivity contribution in [2.24, 2.45) is 0 Å². The molecule has 108 valence electrons. The van der Waals surface area contributed by atoms with E-state index in [0.717, 1.165) is 27.5 Å². The zero-order valence-corrected chi connectivity index (χ0v) is 13.0. The van der Waals surface area contributed by atoms with Crippen molar-refractivity contribution in [3.63, 3.8) is 0 Å². The van der Waals surface area contributed by atoms with Crippen molar-refractivity contribution in [3.05, 3.63) is 46.1 Å². The van der Waals surface area contributed by atoms with Gasteiger partial charge in [-0.2, -0.15) is 0 Å². The highest BCUT2D eigenvalue weighted by Gasteiger charge is 2.22. The number of hydrogen-bond donors (Lipinski definition) is 1. The largest absolute Gasteiger partial charge is 0.477 e. The summed E-state index contributed by atoms with van der Waals surface area (Å²) < 4.78 is 1.76. The zero-order chi connectivity index (χ0) is 15.1. The Balaban J connectivity index is 2.29. The molecule has 1 aromatic carbocycles. The number of thiazole rings is 1. The van der Waals surface area contributed by atoms with E-state index in [1.807, 2.05) is 19.1 Å². The summed E-state index contributed by atoms with van der Waals surface area (Å²) in [6.07, 6.45) is 0.989. The fourth-order valence-electron chi connectivity index (χ4n) is 2.60. The second-order valence-corrected chi connectivity index (χ2v) is 6.21. The fraction of sp³-hybridized carbons (Fsp3) is 0.250. The van der Waals surface area contributed by atoms with Gasteiger partial charge in [-0.15, -0.1) is 11.3 Å². The van der Waals surface area contributed by atoms with E-state index in [4.69, 9.17) is 0 Å². The molecule has 1 N–H and O–H groups in total. The van der Waals surface area contributed by atoms with Gasteiger partial charge < -0.3 is 5.11 Å². The van der Waals surface area contributed by atoms with Gasteiger partial charge in [0.15, 0.2) is 10.7 Å². The molecule has 0 aliphatic heterocycles. The molecule has 0 saturated carbocycles. The van der Waals surface area contributed by atoms with Crippen LogP contribution in [0.1, 0.15) is 33.5 Å². The van der Waals surface area contributed by atoms with Crippen LogP contribution in [0, 0.1) is 13.8 Å². The minimum absolute atomic E-state index is 0.254. The van der Waals surface area contributed by atoms with Crippen molar-refractivity contribution < 1.29 is 9.90 Å². The van der Waals surface area contributed by atoms with E-state index in [0.29, 0.717) is 5.69 Å². The molecular formula is C16H16N2O2S. The molecule has 4 nitrogen and oxygen atoms in total. The lowest BCUT2D eigenvalue weighted by atomic mass is 10.1. The predicted molar refractivity (Wildman–Crippen MR) is 84.3 cm³/mol. The lowest BCUT2D eigenvalue weighted by Gasteiger charge is -2.05. The van der Waals surface area contributed by atoms with Crippen LogP contribution in [0.2, 0.25) is 0 Å². The summed E-state index contributed by atoms with van der Waals surface area (Å²) in [5, 5.41) is 9.46. The third-order valence-corrected chi connectivity index (χ3v) is 4.62. The number of aromatic carboxylic acids is 1. The molecule has 2 aromatic heterocycles. The SMILES string of the molecule is CCc1ccc(-c2c(C)sc3nc(C)c(C(=O)O)n23)cc1. The summed E-state index contributed by atoms with van der Waals surface area (Å²) in [5.74, 6) is -0.941. The molecule has 0 unspecified atom stereocenters. The average molecular weight is 300 g/mol. The van der Waals surface area contributed by atoms with Gasteiger partial charge in [0.2, 0.25) is 0 Å².